The molecule has 2 N–H and O–H groups in total. The maximum Gasteiger partial charge on any atom is 0.303 e. The van der Waals surface area contributed by atoms with Crippen LogP contribution in [-0.2, 0) is 11.2 Å². The average molecular weight is 266 g/mol. The highest BCUT2D eigenvalue weighted by atomic mass is 16.5. The lowest BCUT2D eigenvalue weighted by atomic mass is 10.0. The van der Waals surface area contributed by atoms with Gasteiger partial charge in [0, 0.05) is 12.0 Å². The molecular weight excluding hydrogens is 244 g/mol. The zero-order valence-corrected chi connectivity index (χ0v) is 11.6. The van der Waals surface area contributed by atoms with Gasteiger partial charge in [-0.15, -0.1) is 0 Å². The van der Waals surface area contributed by atoms with E-state index in [9.17, 15) is 9.90 Å². The first-order chi connectivity index (χ1) is 9.06. The van der Waals surface area contributed by atoms with Crippen molar-refractivity contribution >= 4 is 5.97 Å². The molecule has 0 fully saturated rings. The van der Waals surface area contributed by atoms with E-state index < -0.39 is 12.1 Å². The van der Waals surface area contributed by atoms with Crippen LogP contribution in [0.1, 0.15) is 50.3 Å². The van der Waals surface area contributed by atoms with Crippen molar-refractivity contribution in [3.8, 4) is 5.75 Å². The molecular formula is C15H22O4. The molecule has 1 aromatic carbocycles. The Morgan fingerprint density at radius 3 is 2.74 bits per heavy atom. The van der Waals surface area contributed by atoms with Gasteiger partial charge in [-0.1, -0.05) is 31.5 Å². The first-order valence-electron chi connectivity index (χ1n) is 6.70. The molecule has 0 aliphatic heterocycles. The van der Waals surface area contributed by atoms with Gasteiger partial charge < -0.3 is 14.9 Å². The monoisotopic (exact) mass is 266 g/mol. The number of carbonyl (C=O) groups is 1. The number of rotatable bonds is 8. The lowest BCUT2D eigenvalue weighted by molar-refractivity contribution is -0.137. The molecule has 0 aliphatic carbocycles. The zero-order chi connectivity index (χ0) is 14.3. The molecule has 0 aromatic heterocycles. The summed E-state index contributed by atoms with van der Waals surface area (Å²) >= 11 is 0. The number of hydrogen-bond acceptors (Lipinski definition) is 3. The lowest BCUT2D eigenvalue weighted by Gasteiger charge is -2.17. The van der Waals surface area contributed by atoms with Gasteiger partial charge in [0.1, 0.15) is 5.75 Å². The molecule has 19 heavy (non-hydrogen) atoms. The molecule has 4 heteroatoms. The number of aryl methyl sites for hydroxylation is 1. The van der Waals surface area contributed by atoms with Gasteiger partial charge >= 0.3 is 5.97 Å². The second-order valence-corrected chi connectivity index (χ2v) is 4.61. The van der Waals surface area contributed by atoms with Gasteiger partial charge in [0.2, 0.25) is 0 Å². The minimum absolute atomic E-state index is 0.0972. The number of hydrogen-bond donors (Lipinski definition) is 2. The average Bonchev–Trinajstić information content (AvgIpc) is 2.35. The molecule has 1 unspecified atom stereocenters. The Morgan fingerprint density at radius 1 is 1.42 bits per heavy atom. The third-order valence-electron chi connectivity index (χ3n) is 2.88. The number of aliphatic carboxylic acids is 1. The predicted molar refractivity (Wildman–Crippen MR) is 73.4 cm³/mol. The molecule has 106 valence electrons. The summed E-state index contributed by atoms with van der Waals surface area (Å²) in [7, 11) is 0. The lowest BCUT2D eigenvalue weighted by Crippen LogP contribution is -2.07. The molecule has 0 aliphatic rings. The Morgan fingerprint density at radius 2 is 2.16 bits per heavy atom. The van der Waals surface area contributed by atoms with Crippen LogP contribution >= 0.6 is 0 Å². The van der Waals surface area contributed by atoms with Crippen LogP contribution in [0.25, 0.3) is 0 Å². The van der Waals surface area contributed by atoms with E-state index >= 15 is 0 Å². The van der Waals surface area contributed by atoms with E-state index in [1.54, 1.807) is 6.92 Å². The van der Waals surface area contributed by atoms with E-state index in [1.807, 2.05) is 18.2 Å². The van der Waals surface area contributed by atoms with Crippen molar-refractivity contribution in [3.05, 3.63) is 29.3 Å². The molecule has 0 amide bonds. The summed E-state index contributed by atoms with van der Waals surface area (Å²) in [5.74, 6) is -0.106. The smallest absolute Gasteiger partial charge is 0.303 e. The van der Waals surface area contributed by atoms with Crippen molar-refractivity contribution < 1.29 is 19.7 Å². The molecule has 0 saturated carbocycles. The highest BCUT2D eigenvalue weighted by Gasteiger charge is 2.13. The van der Waals surface area contributed by atoms with E-state index in [0.29, 0.717) is 18.8 Å². The number of ether oxygens (including phenoxy) is 1. The first kappa shape index (κ1) is 15.5. The zero-order valence-electron chi connectivity index (χ0n) is 11.6. The molecule has 0 bridgehead atoms. The molecule has 1 rings (SSSR count). The second-order valence-electron chi connectivity index (χ2n) is 4.61. The summed E-state index contributed by atoms with van der Waals surface area (Å²) in [5, 5.41) is 18.4. The van der Waals surface area contributed by atoms with Crippen molar-refractivity contribution in [1.82, 2.24) is 0 Å². The summed E-state index contributed by atoms with van der Waals surface area (Å²) in [6, 6.07) is 5.75. The summed E-state index contributed by atoms with van der Waals surface area (Å²) in [5.41, 5.74) is 1.83. The van der Waals surface area contributed by atoms with Gasteiger partial charge in [-0.05, 0) is 25.3 Å². The number of benzene rings is 1. The third kappa shape index (κ3) is 4.91. The van der Waals surface area contributed by atoms with Crippen molar-refractivity contribution in [2.75, 3.05) is 6.61 Å². The van der Waals surface area contributed by atoms with Gasteiger partial charge in [-0.2, -0.15) is 0 Å². The normalized spacial score (nSPS) is 12.2. The number of aliphatic hydroxyl groups is 1. The quantitative estimate of drug-likeness (QED) is 0.710. The van der Waals surface area contributed by atoms with E-state index in [-0.39, 0.29) is 6.42 Å². The largest absolute Gasteiger partial charge is 0.493 e. The summed E-state index contributed by atoms with van der Waals surface area (Å²) < 4.78 is 5.71. The minimum Gasteiger partial charge on any atom is -0.493 e. The van der Waals surface area contributed by atoms with E-state index in [0.717, 1.165) is 24.0 Å². The number of carboxylic acid groups (broad SMARTS) is 1. The molecule has 4 nitrogen and oxygen atoms in total. The molecule has 1 aromatic rings. The third-order valence-corrected chi connectivity index (χ3v) is 2.88. The maximum atomic E-state index is 10.5. The van der Waals surface area contributed by atoms with Crippen LogP contribution in [0.5, 0.6) is 5.75 Å². The van der Waals surface area contributed by atoms with Gasteiger partial charge in [0.15, 0.2) is 0 Å². The molecule has 0 saturated heterocycles. The van der Waals surface area contributed by atoms with Gasteiger partial charge in [-0.25, -0.2) is 0 Å². The van der Waals surface area contributed by atoms with Gasteiger partial charge in [0.25, 0.3) is 0 Å². The Bertz CT molecular complexity index is 413. The Hall–Kier alpha value is -1.55. The van der Waals surface area contributed by atoms with Crippen LogP contribution in [0.3, 0.4) is 0 Å². The highest BCUT2D eigenvalue weighted by Crippen LogP contribution is 2.30. The molecule has 0 heterocycles. The van der Waals surface area contributed by atoms with Gasteiger partial charge in [-0.3, -0.25) is 4.79 Å². The van der Waals surface area contributed by atoms with Crippen molar-refractivity contribution in [1.29, 1.82) is 0 Å². The van der Waals surface area contributed by atoms with Gasteiger partial charge in [0.05, 0.1) is 12.7 Å². The second kappa shape index (κ2) is 7.79. The van der Waals surface area contributed by atoms with Crippen molar-refractivity contribution in [3.63, 3.8) is 0 Å². The fraction of sp³-hybridized carbons (Fsp3) is 0.533. The first-order valence-corrected chi connectivity index (χ1v) is 6.70. The van der Waals surface area contributed by atoms with Crippen LogP contribution in [0.4, 0.5) is 0 Å². The number of para-hydroxylation sites is 1. The summed E-state index contributed by atoms with van der Waals surface area (Å²) in [6.07, 6.45) is 1.85. The molecule has 0 spiro atoms. The van der Waals surface area contributed by atoms with E-state index in [2.05, 4.69) is 6.92 Å². The summed E-state index contributed by atoms with van der Waals surface area (Å²) in [4.78, 5) is 10.5. The van der Waals surface area contributed by atoms with Crippen LogP contribution in [0.15, 0.2) is 18.2 Å². The number of carboxylic acids is 1. The Kier molecular flexibility index (Phi) is 6.36. The van der Waals surface area contributed by atoms with Crippen molar-refractivity contribution in [2.24, 2.45) is 0 Å². The Labute approximate surface area is 114 Å². The fourth-order valence-corrected chi connectivity index (χ4v) is 1.97. The number of aliphatic hydroxyl groups excluding tert-OH is 1. The van der Waals surface area contributed by atoms with E-state index in [1.165, 1.54) is 0 Å². The fourth-order valence-electron chi connectivity index (χ4n) is 1.97. The van der Waals surface area contributed by atoms with Crippen LogP contribution in [0, 0.1) is 0 Å². The van der Waals surface area contributed by atoms with E-state index in [4.69, 9.17) is 9.84 Å². The SMILES string of the molecule is CCCc1cccc(C(C)O)c1OCCCC(=O)O. The van der Waals surface area contributed by atoms with Crippen molar-refractivity contribution in [2.45, 2.75) is 45.6 Å². The highest BCUT2D eigenvalue weighted by molar-refractivity contribution is 5.66. The molecule has 1 atom stereocenters. The molecule has 0 radical (unpaired) electrons. The standard InChI is InChI=1S/C15H22O4/c1-3-6-12-7-4-8-13(11(2)16)15(12)19-10-5-9-14(17)18/h4,7-8,11,16H,3,5-6,9-10H2,1-2H3,(H,17,18). The topological polar surface area (TPSA) is 66.8 Å². The minimum atomic E-state index is -0.818. The Balaban J connectivity index is 2.79. The predicted octanol–water partition coefficient (Wildman–Crippen LogP) is 2.94. The maximum absolute atomic E-state index is 10.5. The van der Waals surface area contributed by atoms with Crippen LogP contribution in [0.2, 0.25) is 0 Å². The van der Waals surface area contributed by atoms with Crippen LogP contribution < -0.4 is 4.74 Å². The summed E-state index contributed by atoms with van der Waals surface area (Å²) in [6.45, 7) is 4.14. The van der Waals surface area contributed by atoms with Crippen LogP contribution in [-0.4, -0.2) is 22.8 Å².